The Morgan fingerprint density at radius 2 is 1.70 bits per heavy atom. The molecule has 0 spiro atoms. The van der Waals surface area contributed by atoms with Crippen molar-refractivity contribution in [3.8, 4) is 5.75 Å². The SMILES string of the molecule is COc1ccc(Cl)cc1CC(=O)N1CCN(C(=O)CCC2CCCC2)CC1. The minimum atomic E-state index is 0.0496. The number of halogens is 1. The summed E-state index contributed by atoms with van der Waals surface area (Å²) in [7, 11) is 1.59. The summed E-state index contributed by atoms with van der Waals surface area (Å²) in [5, 5.41) is 0.594. The lowest BCUT2D eigenvalue weighted by molar-refractivity contribution is -0.139. The van der Waals surface area contributed by atoms with Gasteiger partial charge in [-0.1, -0.05) is 37.3 Å². The molecule has 5 nitrogen and oxygen atoms in total. The fourth-order valence-electron chi connectivity index (χ4n) is 4.15. The van der Waals surface area contributed by atoms with Crippen molar-refractivity contribution in [2.24, 2.45) is 5.92 Å². The molecule has 1 aromatic rings. The predicted molar refractivity (Wildman–Crippen MR) is 106 cm³/mol. The summed E-state index contributed by atoms with van der Waals surface area (Å²) in [6.07, 6.45) is 7.13. The summed E-state index contributed by atoms with van der Waals surface area (Å²) in [5.74, 6) is 1.71. The minimum absolute atomic E-state index is 0.0496. The van der Waals surface area contributed by atoms with E-state index in [1.165, 1.54) is 25.7 Å². The Bertz CT molecular complexity index is 665. The van der Waals surface area contributed by atoms with Crippen LogP contribution in [0.25, 0.3) is 0 Å². The summed E-state index contributed by atoms with van der Waals surface area (Å²) in [4.78, 5) is 28.8. The van der Waals surface area contributed by atoms with E-state index in [9.17, 15) is 9.59 Å². The number of benzene rings is 1. The lowest BCUT2D eigenvalue weighted by Gasteiger charge is -2.35. The third kappa shape index (κ3) is 5.38. The number of rotatable bonds is 6. The van der Waals surface area contributed by atoms with E-state index >= 15 is 0 Å². The lowest BCUT2D eigenvalue weighted by Crippen LogP contribution is -2.51. The second-order valence-corrected chi connectivity index (χ2v) is 8.02. The van der Waals surface area contributed by atoms with Crippen LogP contribution in [0, 0.1) is 5.92 Å². The number of hydrogen-bond donors (Lipinski definition) is 0. The van der Waals surface area contributed by atoms with E-state index in [0.29, 0.717) is 43.4 Å². The summed E-state index contributed by atoms with van der Waals surface area (Å²) in [6, 6.07) is 5.32. The number of carbonyl (C=O) groups is 2. The van der Waals surface area contributed by atoms with Crippen molar-refractivity contribution < 1.29 is 14.3 Å². The average Bonchev–Trinajstić information content (AvgIpc) is 3.20. The number of ether oxygens (including phenoxy) is 1. The van der Waals surface area contributed by atoms with Crippen LogP contribution in [-0.4, -0.2) is 54.9 Å². The van der Waals surface area contributed by atoms with Gasteiger partial charge in [-0.05, 0) is 30.5 Å². The molecule has 2 aliphatic rings. The standard InChI is InChI=1S/C21H29ClN2O3/c1-27-19-8-7-18(22)14-17(19)15-21(26)24-12-10-23(11-13-24)20(25)9-6-16-4-2-3-5-16/h7-8,14,16H,2-6,9-13,15H2,1H3. The van der Waals surface area contributed by atoms with Gasteiger partial charge in [-0.25, -0.2) is 0 Å². The zero-order chi connectivity index (χ0) is 19.2. The maximum Gasteiger partial charge on any atom is 0.227 e. The van der Waals surface area contributed by atoms with E-state index in [1.807, 2.05) is 9.80 Å². The van der Waals surface area contributed by atoms with Crippen LogP contribution in [0.4, 0.5) is 0 Å². The van der Waals surface area contributed by atoms with Crippen molar-refractivity contribution >= 4 is 23.4 Å². The van der Waals surface area contributed by atoms with Gasteiger partial charge in [0.1, 0.15) is 5.75 Å². The highest BCUT2D eigenvalue weighted by molar-refractivity contribution is 6.30. The van der Waals surface area contributed by atoms with Gasteiger partial charge in [0.15, 0.2) is 0 Å². The molecule has 0 bridgehead atoms. The van der Waals surface area contributed by atoms with Crippen LogP contribution in [0.3, 0.4) is 0 Å². The summed E-state index contributed by atoms with van der Waals surface area (Å²) in [5.41, 5.74) is 0.796. The highest BCUT2D eigenvalue weighted by Gasteiger charge is 2.25. The minimum Gasteiger partial charge on any atom is -0.496 e. The Morgan fingerprint density at radius 3 is 2.33 bits per heavy atom. The first-order valence-corrected chi connectivity index (χ1v) is 10.3. The van der Waals surface area contributed by atoms with E-state index in [-0.39, 0.29) is 18.2 Å². The van der Waals surface area contributed by atoms with Gasteiger partial charge in [0, 0.05) is 43.2 Å². The van der Waals surface area contributed by atoms with E-state index in [1.54, 1.807) is 25.3 Å². The monoisotopic (exact) mass is 392 g/mol. The Labute approximate surface area is 166 Å². The number of amides is 2. The van der Waals surface area contributed by atoms with Crippen LogP contribution >= 0.6 is 11.6 Å². The molecule has 2 amide bonds. The van der Waals surface area contributed by atoms with Gasteiger partial charge in [0.05, 0.1) is 13.5 Å². The van der Waals surface area contributed by atoms with Gasteiger partial charge < -0.3 is 14.5 Å². The largest absolute Gasteiger partial charge is 0.496 e. The average molecular weight is 393 g/mol. The molecule has 0 aromatic heterocycles. The Kier molecular flexibility index (Phi) is 7.00. The van der Waals surface area contributed by atoms with Crippen molar-refractivity contribution in [2.75, 3.05) is 33.3 Å². The smallest absolute Gasteiger partial charge is 0.227 e. The van der Waals surface area contributed by atoms with Crippen molar-refractivity contribution in [1.29, 1.82) is 0 Å². The zero-order valence-corrected chi connectivity index (χ0v) is 16.8. The molecule has 1 aromatic carbocycles. The number of carbonyl (C=O) groups excluding carboxylic acids is 2. The molecule has 1 aliphatic heterocycles. The molecule has 6 heteroatoms. The molecule has 1 saturated heterocycles. The Hall–Kier alpha value is -1.75. The van der Waals surface area contributed by atoms with Crippen LogP contribution in [0.2, 0.25) is 5.02 Å². The molecule has 148 valence electrons. The second kappa shape index (κ2) is 9.45. The molecule has 0 atom stereocenters. The molecule has 27 heavy (non-hydrogen) atoms. The third-order valence-electron chi connectivity index (χ3n) is 5.81. The number of methoxy groups -OCH3 is 1. The zero-order valence-electron chi connectivity index (χ0n) is 16.1. The van der Waals surface area contributed by atoms with Gasteiger partial charge in [0.25, 0.3) is 0 Å². The molecule has 0 N–H and O–H groups in total. The van der Waals surface area contributed by atoms with Crippen LogP contribution in [-0.2, 0) is 16.0 Å². The number of piperazine rings is 1. The maximum absolute atomic E-state index is 12.6. The molecule has 1 heterocycles. The van der Waals surface area contributed by atoms with Crippen molar-refractivity contribution in [2.45, 2.75) is 44.9 Å². The van der Waals surface area contributed by atoms with Gasteiger partial charge in [-0.15, -0.1) is 0 Å². The molecule has 2 fully saturated rings. The van der Waals surface area contributed by atoms with Crippen LogP contribution in [0.1, 0.15) is 44.1 Å². The van der Waals surface area contributed by atoms with Gasteiger partial charge in [-0.3, -0.25) is 9.59 Å². The first-order valence-electron chi connectivity index (χ1n) is 9.95. The van der Waals surface area contributed by atoms with Gasteiger partial charge in [-0.2, -0.15) is 0 Å². The van der Waals surface area contributed by atoms with Crippen molar-refractivity contribution in [1.82, 2.24) is 9.80 Å². The van der Waals surface area contributed by atoms with E-state index < -0.39 is 0 Å². The Balaban J connectivity index is 1.46. The molecular weight excluding hydrogens is 364 g/mol. The molecule has 0 unspecified atom stereocenters. The normalized spacial score (nSPS) is 18.0. The summed E-state index contributed by atoms with van der Waals surface area (Å²) >= 11 is 6.05. The molecule has 1 saturated carbocycles. The van der Waals surface area contributed by atoms with E-state index in [0.717, 1.165) is 17.9 Å². The quantitative estimate of drug-likeness (QED) is 0.744. The van der Waals surface area contributed by atoms with Crippen LogP contribution in [0.5, 0.6) is 5.75 Å². The van der Waals surface area contributed by atoms with Crippen LogP contribution < -0.4 is 4.74 Å². The van der Waals surface area contributed by atoms with Crippen LogP contribution in [0.15, 0.2) is 18.2 Å². The fourth-order valence-corrected chi connectivity index (χ4v) is 4.34. The summed E-state index contributed by atoms with van der Waals surface area (Å²) in [6.45, 7) is 2.44. The molecule has 1 aliphatic carbocycles. The van der Waals surface area contributed by atoms with Gasteiger partial charge in [0.2, 0.25) is 11.8 Å². The predicted octanol–water partition coefficient (Wildman–Crippen LogP) is 3.53. The van der Waals surface area contributed by atoms with Crippen molar-refractivity contribution in [3.63, 3.8) is 0 Å². The fraction of sp³-hybridized carbons (Fsp3) is 0.619. The van der Waals surface area contributed by atoms with E-state index in [2.05, 4.69) is 0 Å². The first kappa shape index (κ1) is 20.0. The highest BCUT2D eigenvalue weighted by atomic mass is 35.5. The van der Waals surface area contributed by atoms with Gasteiger partial charge >= 0.3 is 0 Å². The molecule has 0 radical (unpaired) electrons. The topological polar surface area (TPSA) is 49.9 Å². The highest BCUT2D eigenvalue weighted by Crippen LogP contribution is 2.29. The molecular formula is C21H29ClN2O3. The molecule has 3 rings (SSSR count). The number of hydrogen-bond acceptors (Lipinski definition) is 3. The maximum atomic E-state index is 12.6. The Morgan fingerprint density at radius 1 is 1.07 bits per heavy atom. The van der Waals surface area contributed by atoms with Crippen molar-refractivity contribution in [3.05, 3.63) is 28.8 Å². The lowest BCUT2D eigenvalue weighted by atomic mass is 10.0. The third-order valence-corrected chi connectivity index (χ3v) is 6.05. The first-order chi connectivity index (χ1) is 13.1. The second-order valence-electron chi connectivity index (χ2n) is 7.58. The van der Waals surface area contributed by atoms with E-state index in [4.69, 9.17) is 16.3 Å². The summed E-state index contributed by atoms with van der Waals surface area (Å²) < 4.78 is 5.32. The number of nitrogens with zero attached hydrogens (tertiary/aromatic N) is 2.